The summed E-state index contributed by atoms with van der Waals surface area (Å²) in [5, 5.41) is 2.32. The van der Waals surface area contributed by atoms with Gasteiger partial charge in [0.25, 0.3) is 5.56 Å². The van der Waals surface area contributed by atoms with E-state index in [0.717, 1.165) is 0 Å². The zero-order chi connectivity index (χ0) is 26.2. The fourth-order valence-electron chi connectivity index (χ4n) is 3.00. The van der Waals surface area contributed by atoms with E-state index in [9.17, 15) is 33.1 Å². The van der Waals surface area contributed by atoms with Gasteiger partial charge in [-0.15, -0.1) is 0 Å². The molecule has 5 atom stereocenters. The molecule has 2 aromatic rings. The molecule has 196 valence electrons. The number of aromatic nitrogens is 4. The molecule has 2 aromatic heterocycles. The van der Waals surface area contributed by atoms with Gasteiger partial charge < -0.3 is 24.3 Å². The lowest BCUT2D eigenvalue weighted by Crippen LogP contribution is -2.31. The number of nitrogens with two attached hydrogens (primary N) is 1. The second-order valence-electron chi connectivity index (χ2n) is 6.85. The highest BCUT2D eigenvalue weighted by molar-refractivity contribution is 7.66. The highest BCUT2D eigenvalue weighted by Gasteiger charge is 2.43. The van der Waals surface area contributed by atoms with Crippen LogP contribution in [-0.2, 0) is 41.2 Å². The molecular formula is C12H19N6O14P3. The number of hydrogen-bond acceptors (Lipinski definition) is 13. The third-order valence-corrected chi connectivity index (χ3v) is 8.01. The van der Waals surface area contributed by atoms with Crippen molar-refractivity contribution in [3.63, 3.8) is 0 Å². The van der Waals surface area contributed by atoms with Crippen molar-refractivity contribution in [1.29, 1.82) is 0 Å². The lowest BCUT2D eigenvalue weighted by atomic mass is 10.2. The van der Waals surface area contributed by atoms with E-state index in [-0.39, 0.29) is 23.5 Å². The molecule has 3 rings (SSSR count). The molecule has 0 radical (unpaired) electrons. The molecule has 8 N–H and O–H groups in total. The number of carbonyl (C=O) groups is 1. The van der Waals surface area contributed by atoms with Crippen LogP contribution >= 0.6 is 23.5 Å². The van der Waals surface area contributed by atoms with E-state index in [4.69, 9.17) is 25.3 Å². The number of aromatic amines is 1. The maximum absolute atomic E-state index is 12.2. The summed E-state index contributed by atoms with van der Waals surface area (Å²) in [6.45, 7) is 0.382. The van der Waals surface area contributed by atoms with E-state index in [2.05, 4.69) is 33.4 Å². The molecule has 20 nitrogen and oxygen atoms in total. The van der Waals surface area contributed by atoms with Gasteiger partial charge in [0.2, 0.25) is 11.9 Å². The van der Waals surface area contributed by atoms with E-state index in [1.807, 2.05) is 0 Å². The van der Waals surface area contributed by atoms with E-state index in [0.29, 0.717) is 0 Å². The largest absolute Gasteiger partial charge is 0.490 e. The Morgan fingerprint density at radius 3 is 2.57 bits per heavy atom. The Hall–Kier alpha value is -1.89. The molecule has 1 fully saturated rings. The molecule has 23 heteroatoms. The summed E-state index contributed by atoms with van der Waals surface area (Å²) < 4.78 is 52.8. The zero-order valence-corrected chi connectivity index (χ0v) is 20.0. The first kappa shape index (κ1) is 27.7. The monoisotopic (exact) mass is 564 g/mol. The fourth-order valence-corrected chi connectivity index (χ4v) is 6.03. The fraction of sp³-hybridized carbons (Fsp3) is 0.500. The quantitative estimate of drug-likeness (QED) is 0.134. The molecule has 1 saturated heterocycles. The Morgan fingerprint density at radius 2 is 1.97 bits per heavy atom. The van der Waals surface area contributed by atoms with Crippen LogP contribution in [0.3, 0.4) is 0 Å². The first-order valence-electron chi connectivity index (χ1n) is 9.13. The van der Waals surface area contributed by atoms with Crippen LogP contribution in [0.4, 0.5) is 5.95 Å². The molecule has 0 aliphatic carbocycles. The van der Waals surface area contributed by atoms with Crippen molar-refractivity contribution >= 4 is 46.5 Å². The van der Waals surface area contributed by atoms with Crippen molar-refractivity contribution in [3.8, 4) is 0 Å². The van der Waals surface area contributed by atoms with Gasteiger partial charge in [-0.25, -0.2) is 24.6 Å². The molecule has 1 aliphatic rings. The average Bonchev–Trinajstić information content (AvgIpc) is 3.26. The molecule has 0 saturated carbocycles. The number of phosphoric ester groups is 1. The van der Waals surface area contributed by atoms with Crippen molar-refractivity contribution in [2.45, 2.75) is 31.8 Å². The predicted molar refractivity (Wildman–Crippen MR) is 110 cm³/mol. The normalized spacial score (nSPS) is 24.2. The number of imidazole rings is 1. The van der Waals surface area contributed by atoms with Gasteiger partial charge in [-0.1, -0.05) is 0 Å². The van der Waals surface area contributed by atoms with Gasteiger partial charge in [-0.05, 0) is 0 Å². The number of rotatable bonds is 10. The Morgan fingerprint density at radius 1 is 1.29 bits per heavy atom. The minimum Gasteiger partial charge on any atom is -0.349 e. The van der Waals surface area contributed by atoms with Gasteiger partial charge in [-0.2, -0.15) is 13.6 Å². The van der Waals surface area contributed by atoms with E-state index < -0.39 is 60.0 Å². The second-order valence-corrected chi connectivity index (χ2v) is 11.3. The van der Waals surface area contributed by atoms with Gasteiger partial charge in [0.15, 0.2) is 11.2 Å². The number of ether oxygens (including phenoxy) is 1. The van der Waals surface area contributed by atoms with Crippen LogP contribution in [0, 0.1) is 0 Å². The summed E-state index contributed by atoms with van der Waals surface area (Å²) >= 11 is 0. The number of nitrogens with zero attached hydrogens (tertiary/aromatic N) is 3. The number of carbonyl (C=O) groups excluding carboxylic acids is 1. The van der Waals surface area contributed by atoms with E-state index >= 15 is 0 Å². The Balaban J connectivity index is 1.74. The van der Waals surface area contributed by atoms with Crippen LogP contribution in [-0.4, -0.2) is 63.8 Å². The van der Waals surface area contributed by atoms with Crippen LogP contribution in [0.2, 0.25) is 0 Å². The number of nitrogens with one attached hydrogen (secondary N) is 2. The molecule has 0 spiro atoms. The first-order chi connectivity index (χ1) is 16.1. The maximum atomic E-state index is 12.2. The predicted octanol–water partition coefficient (Wildman–Crippen LogP) is -1.03. The van der Waals surface area contributed by atoms with Crippen LogP contribution in [0.25, 0.3) is 11.2 Å². The van der Waals surface area contributed by atoms with Crippen LogP contribution in [0.15, 0.2) is 11.1 Å². The minimum absolute atomic E-state index is 0.00630. The molecule has 35 heavy (non-hydrogen) atoms. The zero-order valence-electron chi connectivity index (χ0n) is 17.4. The lowest BCUT2D eigenvalue weighted by molar-refractivity contribution is -0.114. The highest BCUT2D eigenvalue weighted by Crippen LogP contribution is 2.66. The van der Waals surface area contributed by atoms with Gasteiger partial charge in [0.05, 0.1) is 12.9 Å². The Kier molecular flexibility index (Phi) is 8.10. The van der Waals surface area contributed by atoms with Crippen LogP contribution in [0.1, 0.15) is 19.6 Å². The number of phosphoric acid groups is 3. The molecule has 2 unspecified atom stereocenters. The molecule has 1 aliphatic heterocycles. The highest BCUT2D eigenvalue weighted by atomic mass is 31.3. The molecular weight excluding hydrogens is 545 g/mol. The van der Waals surface area contributed by atoms with Gasteiger partial charge >= 0.3 is 23.5 Å². The number of amides is 1. The topological polar surface area (TPSA) is 297 Å². The third-order valence-electron chi connectivity index (χ3n) is 4.21. The minimum atomic E-state index is -5.70. The summed E-state index contributed by atoms with van der Waals surface area (Å²) in [5.74, 6) is 4.57. The van der Waals surface area contributed by atoms with Crippen molar-refractivity contribution < 1.29 is 60.8 Å². The maximum Gasteiger partial charge on any atom is 0.490 e. The molecule has 0 bridgehead atoms. The van der Waals surface area contributed by atoms with Crippen molar-refractivity contribution in [2.75, 3.05) is 11.9 Å². The molecule has 0 aromatic carbocycles. The van der Waals surface area contributed by atoms with E-state index in [1.54, 1.807) is 0 Å². The second kappa shape index (κ2) is 10.2. The van der Waals surface area contributed by atoms with E-state index in [1.165, 1.54) is 17.8 Å². The number of hydrogen-bond donors (Lipinski definition) is 7. The summed E-state index contributed by atoms with van der Waals surface area (Å²) in [7, 11) is -16.7. The van der Waals surface area contributed by atoms with Crippen LogP contribution in [0.5, 0.6) is 0 Å². The third kappa shape index (κ3) is 7.31. The van der Waals surface area contributed by atoms with Crippen molar-refractivity contribution in [1.82, 2.24) is 19.5 Å². The Bertz CT molecular complexity index is 1310. The Labute approximate surface area is 193 Å². The SMILES string of the molecule is CC(=O)Nc1nc2c(ncn2[C@H]2C[C@@H](ON)[C@@H](COP(=O)(O)OP(=O)(O)OP(=O)(O)O)O2)c(=O)[nH]1. The number of H-pyrrole nitrogens is 1. The van der Waals surface area contributed by atoms with Gasteiger partial charge in [0, 0.05) is 13.3 Å². The summed E-state index contributed by atoms with van der Waals surface area (Å²) in [6.07, 6.45) is -1.95. The van der Waals surface area contributed by atoms with Gasteiger partial charge in [0.1, 0.15) is 18.4 Å². The molecule has 3 heterocycles. The summed E-state index contributed by atoms with van der Waals surface area (Å²) in [5.41, 5.74) is -0.747. The smallest absolute Gasteiger partial charge is 0.349 e. The first-order valence-corrected chi connectivity index (χ1v) is 13.6. The van der Waals surface area contributed by atoms with Crippen molar-refractivity contribution in [3.05, 3.63) is 16.7 Å². The van der Waals surface area contributed by atoms with Gasteiger partial charge in [-0.3, -0.25) is 33.8 Å². The molecule has 1 amide bonds. The van der Waals surface area contributed by atoms with Crippen LogP contribution < -0.4 is 16.8 Å². The summed E-state index contributed by atoms with van der Waals surface area (Å²) in [4.78, 5) is 74.5. The standard InChI is InChI=1S/C12H19N6O14P3/c1-5(19)15-12-16-10-9(11(20)17-12)14-4-18(10)8-2-6(30-13)7(29-8)3-28-34(24,25)32-35(26,27)31-33(21,22)23/h4,6-8H,2-3,13H2,1H3,(H,24,25)(H,26,27)(H2,21,22,23)(H2,15,16,17,19,20)/t6-,7-,8-/m1/s1. The number of fused-ring (bicyclic) bond motifs is 1. The van der Waals surface area contributed by atoms with Crippen molar-refractivity contribution in [2.24, 2.45) is 5.90 Å². The average molecular weight is 564 g/mol. The summed E-state index contributed by atoms with van der Waals surface area (Å²) in [6, 6.07) is 0. The number of anilines is 1. The lowest BCUT2D eigenvalue weighted by Gasteiger charge is -2.20.